The van der Waals surface area contributed by atoms with E-state index in [4.69, 9.17) is 9.15 Å². The summed E-state index contributed by atoms with van der Waals surface area (Å²) in [5.74, 6) is 0.705. The molecule has 0 unspecified atom stereocenters. The van der Waals surface area contributed by atoms with Gasteiger partial charge in [0.05, 0.1) is 19.0 Å². The minimum atomic E-state index is -3.88. The summed E-state index contributed by atoms with van der Waals surface area (Å²) in [4.78, 5) is 11.4. The van der Waals surface area contributed by atoms with Gasteiger partial charge in [-0.3, -0.25) is 4.72 Å². The smallest absolute Gasteiger partial charge is 0.279 e. The van der Waals surface area contributed by atoms with E-state index in [9.17, 15) is 8.42 Å². The minimum Gasteiger partial charge on any atom is -0.481 e. The van der Waals surface area contributed by atoms with Gasteiger partial charge in [-0.15, -0.1) is 0 Å². The Bertz CT molecular complexity index is 955. The number of oxazole rings is 1. The molecule has 2 aromatic heterocycles. The number of hydrogen-bond acceptors (Lipinski definition) is 7. The fraction of sp³-hybridized carbons (Fsp3) is 0.133. The van der Waals surface area contributed by atoms with Crippen molar-refractivity contribution in [2.75, 3.05) is 11.8 Å². The largest absolute Gasteiger partial charge is 0.481 e. The highest BCUT2D eigenvalue weighted by Gasteiger charge is 2.19. The first-order valence-corrected chi connectivity index (χ1v) is 8.36. The maximum absolute atomic E-state index is 12.5. The molecule has 0 spiro atoms. The molecule has 1 N–H and O–H groups in total. The Morgan fingerprint density at radius 3 is 2.75 bits per heavy atom. The Morgan fingerprint density at radius 1 is 1.21 bits per heavy atom. The lowest BCUT2D eigenvalue weighted by molar-refractivity contribution is 0.394. The first-order valence-electron chi connectivity index (χ1n) is 6.88. The average Bonchev–Trinajstić information content (AvgIpc) is 3.11. The fourth-order valence-corrected chi connectivity index (χ4v) is 3.08. The van der Waals surface area contributed by atoms with Crippen LogP contribution < -0.4 is 9.46 Å². The van der Waals surface area contributed by atoms with Crippen molar-refractivity contribution in [1.82, 2.24) is 15.0 Å². The van der Waals surface area contributed by atoms with Crippen molar-refractivity contribution in [1.29, 1.82) is 0 Å². The third-order valence-corrected chi connectivity index (χ3v) is 4.56. The molecule has 9 heteroatoms. The van der Waals surface area contributed by atoms with Gasteiger partial charge in [0.15, 0.2) is 17.2 Å². The van der Waals surface area contributed by atoms with Crippen LogP contribution in [-0.4, -0.2) is 30.5 Å². The quantitative estimate of drug-likeness (QED) is 0.706. The Balaban J connectivity index is 1.96. The SMILES string of the molecule is COc1cc(S(=O)(=O)Nc2cc(-c3cnco3)ccc2C)ncn1. The maximum atomic E-state index is 12.5. The number of aromatic nitrogens is 3. The molecule has 0 fully saturated rings. The lowest BCUT2D eigenvalue weighted by atomic mass is 10.1. The predicted octanol–water partition coefficient (Wildman–Crippen LogP) is 2.25. The van der Waals surface area contributed by atoms with Crippen molar-refractivity contribution >= 4 is 15.7 Å². The number of anilines is 1. The van der Waals surface area contributed by atoms with E-state index in [0.29, 0.717) is 17.0 Å². The number of benzene rings is 1. The van der Waals surface area contributed by atoms with Gasteiger partial charge in [0, 0.05) is 11.6 Å². The van der Waals surface area contributed by atoms with Gasteiger partial charge in [-0.2, -0.15) is 8.42 Å². The van der Waals surface area contributed by atoms with Gasteiger partial charge in [-0.25, -0.2) is 15.0 Å². The lowest BCUT2D eigenvalue weighted by Gasteiger charge is -2.11. The molecule has 0 aliphatic heterocycles. The predicted molar refractivity (Wildman–Crippen MR) is 86.1 cm³/mol. The molecule has 0 aliphatic carbocycles. The van der Waals surface area contributed by atoms with Crippen molar-refractivity contribution in [2.24, 2.45) is 0 Å². The second-order valence-corrected chi connectivity index (χ2v) is 6.53. The molecule has 24 heavy (non-hydrogen) atoms. The van der Waals surface area contributed by atoms with Crippen LogP contribution in [0.3, 0.4) is 0 Å². The summed E-state index contributed by atoms with van der Waals surface area (Å²) in [6.07, 6.45) is 4.00. The number of nitrogens with one attached hydrogen (secondary N) is 1. The fourth-order valence-electron chi connectivity index (χ4n) is 2.02. The van der Waals surface area contributed by atoms with E-state index in [-0.39, 0.29) is 10.9 Å². The molecule has 0 saturated heterocycles. The normalized spacial score (nSPS) is 11.2. The lowest BCUT2D eigenvalue weighted by Crippen LogP contribution is -2.15. The number of sulfonamides is 1. The van der Waals surface area contributed by atoms with Crippen LogP contribution in [0.2, 0.25) is 0 Å². The standard InChI is InChI=1S/C15H14N4O4S/c1-10-3-4-11(13-7-16-9-23-13)5-12(10)19-24(20,21)15-6-14(22-2)17-8-18-15/h3-9,19H,1-2H3. The Hall–Kier alpha value is -2.94. The van der Waals surface area contributed by atoms with Crippen molar-refractivity contribution in [2.45, 2.75) is 11.9 Å². The molecule has 2 heterocycles. The Morgan fingerprint density at radius 2 is 2.04 bits per heavy atom. The monoisotopic (exact) mass is 346 g/mol. The Labute approximate surface area is 138 Å². The van der Waals surface area contributed by atoms with Crippen molar-refractivity contribution in [3.63, 3.8) is 0 Å². The molecular formula is C15H14N4O4S. The van der Waals surface area contributed by atoms with Gasteiger partial charge in [-0.1, -0.05) is 12.1 Å². The molecule has 0 saturated carbocycles. The van der Waals surface area contributed by atoms with E-state index < -0.39 is 10.0 Å². The molecule has 124 valence electrons. The summed E-state index contributed by atoms with van der Waals surface area (Å²) < 4.78 is 37.7. The van der Waals surface area contributed by atoms with E-state index in [1.165, 1.54) is 19.6 Å². The van der Waals surface area contributed by atoms with Crippen LogP contribution in [0.25, 0.3) is 11.3 Å². The second kappa shape index (κ2) is 6.28. The van der Waals surface area contributed by atoms with Crippen LogP contribution in [0.15, 0.2) is 52.6 Å². The van der Waals surface area contributed by atoms with Crippen LogP contribution in [0.1, 0.15) is 5.56 Å². The zero-order valence-electron chi connectivity index (χ0n) is 12.9. The van der Waals surface area contributed by atoms with E-state index in [2.05, 4.69) is 19.7 Å². The molecule has 0 amide bonds. The highest BCUT2D eigenvalue weighted by molar-refractivity contribution is 7.92. The van der Waals surface area contributed by atoms with Gasteiger partial charge in [-0.05, 0) is 18.6 Å². The molecule has 0 atom stereocenters. The number of hydrogen-bond donors (Lipinski definition) is 1. The van der Waals surface area contributed by atoms with Crippen LogP contribution >= 0.6 is 0 Å². The summed E-state index contributed by atoms with van der Waals surface area (Å²) in [5, 5.41) is -0.182. The van der Waals surface area contributed by atoms with Crippen molar-refractivity contribution in [3.8, 4) is 17.2 Å². The van der Waals surface area contributed by atoms with Gasteiger partial charge in [0.2, 0.25) is 5.88 Å². The van der Waals surface area contributed by atoms with Crippen molar-refractivity contribution in [3.05, 3.63) is 48.7 Å². The van der Waals surface area contributed by atoms with Crippen molar-refractivity contribution < 1.29 is 17.6 Å². The zero-order valence-corrected chi connectivity index (χ0v) is 13.7. The number of nitrogens with zero attached hydrogens (tertiary/aromatic N) is 3. The highest BCUT2D eigenvalue weighted by Crippen LogP contribution is 2.27. The molecular weight excluding hydrogens is 332 g/mol. The van der Waals surface area contributed by atoms with Crippen LogP contribution in [0.4, 0.5) is 5.69 Å². The number of methoxy groups -OCH3 is 1. The summed E-state index contributed by atoms with van der Waals surface area (Å²) in [5.41, 5.74) is 1.88. The first-order chi connectivity index (χ1) is 11.5. The first kappa shape index (κ1) is 15.9. The molecule has 1 aromatic carbocycles. The average molecular weight is 346 g/mol. The van der Waals surface area contributed by atoms with Gasteiger partial charge < -0.3 is 9.15 Å². The molecule has 3 aromatic rings. The summed E-state index contributed by atoms with van der Waals surface area (Å²) in [7, 11) is -2.48. The second-order valence-electron chi connectivity index (χ2n) is 4.90. The number of aryl methyl sites for hydroxylation is 1. The zero-order chi connectivity index (χ0) is 17.2. The Kier molecular flexibility index (Phi) is 4.17. The minimum absolute atomic E-state index is 0.164. The molecule has 0 bridgehead atoms. The molecule has 0 aliphatic rings. The molecule has 3 rings (SSSR count). The van der Waals surface area contributed by atoms with Gasteiger partial charge in [0.1, 0.15) is 6.33 Å². The van der Waals surface area contributed by atoms with E-state index in [1.807, 2.05) is 6.07 Å². The summed E-state index contributed by atoms with van der Waals surface area (Å²) >= 11 is 0. The van der Waals surface area contributed by atoms with Crippen LogP contribution in [0.5, 0.6) is 5.88 Å². The molecule has 8 nitrogen and oxygen atoms in total. The molecule has 0 radical (unpaired) electrons. The van der Waals surface area contributed by atoms with E-state index >= 15 is 0 Å². The van der Waals surface area contributed by atoms with Gasteiger partial charge in [0.25, 0.3) is 10.0 Å². The van der Waals surface area contributed by atoms with Crippen LogP contribution in [-0.2, 0) is 10.0 Å². The topological polar surface area (TPSA) is 107 Å². The third-order valence-electron chi connectivity index (χ3n) is 3.30. The number of rotatable bonds is 5. The third kappa shape index (κ3) is 3.20. The van der Waals surface area contributed by atoms with Gasteiger partial charge >= 0.3 is 0 Å². The number of ether oxygens (including phenoxy) is 1. The summed E-state index contributed by atoms with van der Waals surface area (Å²) in [6, 6.07) is 6.53. The van der Waals surface area contributed by atoms with Crippen LogP contribution in [0, 0.1) is 6.92 Å². The highest BCUT2D eigenvalue weighted by atomic mass is 32.2. The van der Waals surface area contributed by atoms with E-state index in [0.717, 1.165) is 11.9 Å². The maximum Gasteiger partial charge on any atom is 0.279 e. The van der Waals surface area contributed by atoms with E-state index in [1.54, 1.807) is 25.3 Å². The summed E-state index contributed by atoms with van der Waals surface area (Å²) in [6.45, 7) is 1.79.